The first-order valence-electron chi connectivity index (χ1n) is 14.5. The SMILES string of the molecule is CCOC(=O)CN(/C=C(\C(C)=O)C(=O)OCC)C1C(=O)c2ccccc2C1=O.CCOC(=O)CN(C)/C=C(\C(C)=O)C(=O)OCC. The summed E-state index contributed by atoms with van der Waals surface area (Å²) < 4.78 is 19.3. The van der Waals surface area contributed by atoms with Crippen molar-refractivity contribution in [3.63, 3.8) is 0 Å². The second kappa shape index (κ2) is 19.3. The van der Waals surface area contributed by atoms with Gasteiger partial charge in [0.2, 0.25) is 0 Å². The highest BCUT2D eigenvalue weighted by Crippen LogP contribution is 2.26. The molecule has 46 heavy (non-hydrogen) atoms. The average Bonchev–Trinajstić information content (AvgIpc) is 3.23. The van der Waals surface area contributed by atoms with Gasteiger partial charge in [-0.05, 0) is 41.5 Å². The Balaban J connectivity index is 0.000000510. The van der Waals surface area contributed by atoms with E-state index in [1.54, 1.807) is 46.9 Å². The Kier molecular flexibility index (Phi) is 16.3. The molecule has 1 aliphatic carbocycles. The number of carbonyl (C=O) groups is 8. The van der Waals surface area contributed by atoms with Crippen molar-refractivity contribution >= 4 is 47.0 Å². The number of ketones is 4. The van der Waals surface area contributed by atoms with Crippen LogP contribution >= 0.6 is 0 Å². The van der Waals surface area contributed by atoms with Gasteiger partial charge in [0.05, 0.1) is 26.4 Å². The van der Waals surface area contributed by atoms with E-state index >= 15 is 0 Å². The number of carbonyl (C=O) groups excluding carboxylic acids is 8. The molecule has 0 atom stereocenters. The molecule has 0 saturated carbocycles. The molecule has 0 saturated heterocycles. The van der Waals surface area contributed by atoms with Crippen molar-refractivity contribution in [1.82, 2.24) is 9.80 Å². The van der Waals surface area contributed by atoms with Crippen LogP contribution in [0.25, 0.3) is 0 Å². The summed E-state index contributed by atoms with van der Waals surface area (Å²) in [5, 5.41) is 0. The standard InChI is InChI=1S/C20H21NO7.C12H19NO5/c1-4-27-16(23)11-21(10-15(12(3)22)20(26)28-5-2)17-18(24)13-8-6-7-9-14(13)19(17)25;1-5-17-11(15)8-13(4)7-10(9(3)14)12(16)18-6-2/h6-10,17H,4-5,11H2,1-3H3;7H,5-6,8H2,1-4H3/b15-10+;10-7+. The quantitative estimate of drug-likeness (QED) is 0.0887. The Morgan fingerprint density at radius 1 is 0.652 bits per heavy atom. The molecule has 250 valence electrons. The highest BCUT2D eigenvalue weighted by Gasteiger charge is 2.42. The van der Waals surface area contributed by atoms with E-state index in [1.165, 1.54) is 30.2 Å². The fourth-order valence-electron chi connectivity index (χ4n) is 4.03. The summed E-state index contributed by atoms with van der Waals surface area (Å²) in [6.45, 7) is 9.04. The number of Topliss-reactive ketones (excluding diaryl/α,β-unsaturated/α-hetero) is 4. The minimum absolute atomic E-state index is 0.0358. The summed E-state index contributed by atoms with van der Waals surface area (Å²) in [5.74, 6) is -4.81. The average molecular weight is 645 g/mol. The van der Waals surface area contributed by atoms with Gasteiger partial charge in [0.15, 0.2) is 29.2 Å². The molecular formula is C32H40N2O12. The minimum atomic E-state index is -1.37. The molecule has 0 aromatic heterocycles. The summed E-state index contributed by atoms with van der Waals surface area (Å²) in [6.07, 6.45) is 2.32. The molecule has 0 radical (unpaired) electrons. The van der Waals surface area contributed by atoms with Crippen molar-refractivity contribution in [1.29, 1.82) is 0 Å². The predicted octanol–water partition coefficient (Wildman–Crippen LogP) is 1.85. The lowest BCUT2D eigenvalue weighted by Crippen LogP contribution is -2.43. The molecular weight excluding hydrogens is 604 g/mol. The fourth-order valence-corrected chi connectivity index (χ4v) is 4.03. The van der Waals surface area contributed by atoms with Crippen molar-refractivity contribution in [3.8, 4) is 0 Å². The smallest absolute Gasteiger partial charge is 0.343 e. The number of hydrogen-bond acceptors (Lipinski definition) is 14. The van der Waals surface area contributed by atoms with E-state index in [1.807, 2.05) is 0 Å². The Bertz CT molecular complexity index is 1360. The van der Waals surface area contributed by atoms with E-state index in [0.29, 0.717) is 0 Å². The highest BCUT2D eigenvalue weighted by atomic mass is 16.5. The molecule has 0 bridgehead atoms. The maximum atomic E-state index is 12.8. The van der Waals surface area contributed by atoms with E-state index in [9.17, 15) is 38.4 Å². The first kappa shape index (κ1) is 38.9. The molecule has 0 fully saturated rings. The summed E-state index contributed by atoms with van der Waals surface area (Å²) >= 11 is 0. The molecule has 14 heteroatoms. The lowest BCUT2D eigenvalue weighted by molar-refractivity contribution is -0.144. The Hall–Kier alpha value is -5.14. The van der Waals surface area contributed by atoms with Crippen LogP contribution in [0.4, 0.5) is 0 Å². The van der Waals surface area contributed by atoms with Gasteiger partial charge in [-0.1, -0.05) is 24.3 Å². The summed E-state index contributed by atoms with van der Waals surface area (Å²) in [7, 11) is 1.57. The van der Waals surface area contributed by atoms with Gasteiger partial charge in [-0.25, -0.2) is 9.59 Å². The topological polar surface area (TPSA) is 180 Å². The van der Waals surface area contributed by atoms with Crippen LogP contribution in [0, 0.1) is 0 Å². The Labute approximate surface area is 267 Å². The summed E-state index contributed by atoms with van der Waals surface area (Å²) in [5.41, 5.74) is -0.0214. The van der Waals surface area contributed by atoms with Crippen molar-refractivity contribution in [2.45, 2.75) is 47.6 Å². The zero-order chi connectivity index (χ0) is 35.0. The number of hydrogen-bond donors (Lipinski definition) is 0. The number of rotatable bonds is 15. The van der Waals surface area contributed by atoms with Crippen LogP contribution in [0.5, 0.6) is 0 Å². The van der Waals surface area contributed by atoms with Crippen LogP contribution in [0.1, 0.15) is 62.3 Å². The van der Waals surface area contributed by atoms with Crippen LogP contribution in [-0.2, 0) is 47.7 Å². The van der Waals surface area contributed by atoms with Gasteiger partial charge < -0.3 is 28.7 Å². The van der Waals surface area contributed by atoms with Gasteiger partial charge in [0, 0.05) is 30.6 Å². The van der Waals surface area contributed by atoms with Crippen molar-refractivity contribution < 1.29 is 57.3 Å². The van der Waals surface area contributed by atoms with Gasteiger partial charge in [-0.2, -0.15) is 0 Å². The number of esters is 4. The molecule has 0 aliphatic heterocycles. The lowest BCUT2D eigenvalue weighted by Gasteiger charge is -2.25. The first-order valence-corrected chi connectivity index (χ1v) is 14.5. The predicted molar refractivity (Wildman–Crippen MR) is 162 cm³/mol. The van der Waals surface area contributed by atoms with Crippen molar-refractivity contribution in [3.05, 3.63) is 58.9 Å². The second-order valence-corrected chi connectivity index (χ2v) is 9.51. The second-order valence-electron chi connectivity index (χ2n) is 9.51. The maximum absolute atomic E-state index is 12.8. The van der Waals surface area contributed by atoms with E-state index in [-0.39, 0.29) is 55.2 Å². The van der Waals surface area contributed by atoms with Crippen molar-refractivity contribution in [2.75, 3.05) is 46.6 Å². The third-order valence-corrected chi connectivity index (χ3v) is 5.98. The maximum Gasteiger partial charge on any atom is 0.343 e. The zero-order valence-corrected chi connectivity index (χ0v) is 27.1. The summed E-state index contributed by atoms with van der Waals surface area (Å²) in [4.78, 5) is 98.1. The number of benzene rings is 1. The molecule has 1 aromatic carbocycles. The molecule has 0 spiro atoms. The minimum Gasteiger partial charge on any atom is -0.465 e. The van der Waals surface area contributed by atoms with Crippen molar-refractivity contribution in [2.24, 2.45) is 0 Å². The van der Waals surface area contributed by atoms with Crippen LogP contribution < -0.4 is 0 Å². The van der Waals surface area contributed by atoms with Crippen LogP contribution in [0.3, 0.4) is 0 Å². The molecule has 0 amide bonds. The van der Waals surface area contributed by atoms with E-state index in [0.717, 1.165) is 18.0 Å². The number of nitrogens with zero attached hydrogens (tertiary/aromatic N) is 2. The molecule has 1 aliphatic rings. The fraction of sp³-hybridized carbons (Fsp3) is 0.438. The first-order chi connectivity index (χ1) is 21.7. The number of likely N-dealkylation sites (N-methyl/N-ethyl adjacent to an activating group) is 1. The third-order valence-electron chi connectivity index (χ3n) is 5.98. The summed E-state index contributed by atoms with van der Waals surface area (Å²) in [6, 6.07) is 4.90. The monoisotopic (exact) mass is 644 g/mol. The van der Waals surface area contributed by atoms with Crippen LogP contribution in [-0.4, -0.2) is 109 Å². The van der Waals surface area contributed by atoms with E-state index < -0.39 is 59.6 Å². The van der Waals surface area contributed by atoms with Gasteiger partial charge in [0.25, 0.3) is 0 Å². The molecule has 2 rings (SSSR count). The number of fused-ring (bicyclic) bond motifs is 1. The van der Waals surface area contributed by atoms with Gasteiger partial charge in [-0.15, -0.1) is 0 Å². The van der Waals surface area contributed by atoms with Gasteiger partial charge in [0.1, 0.15) is 24.2 Å². The lowest BCUT2D eigenvalue weighted by atomic mass is 10.1. The molecule has 1 aromatic rings. The van der Waals surface area contributed by atoms with Gasteiger partial charge >= 0.3 is 23.9 Å². The van der Waals surface area contributed by atoms with E-state index in [4.69, 9.17) is 18.9 Å². The van der Waals surface area contributed by atoms with Crippen LogP contribution in [0.15, 0.2) is 47.8 Å². The highest BCUT2D eigenvalue weighted by molar-refractivity contribution is 6.29. The Morgan fingerprint density at radius 3 is 1.43 bits per heavy atom. The Morgan fingerprint density at radius 2 is 1.04 bits per heavy atom. The van der Waals surface area contributed by atoms with Crippen LogP contribution in [0.2, 0.25) is 0 Å². The molecule has 14 nitrogen and oxygen atoms in total. The zero-order valence-electron chi connectivity index (χ0n) is 27.1. The molecule has 0 N–H and O–H groups in total. The number of ether oxygens (including phenoxy) is 4. The van der Waals surface area contributed by atoms with Gasteiger partial charge in [-0.3, -0.25) is 28.8 Å². The normalized spacial score (nSPS) is 12.7. The molecule has 0 unspecified atom stereocenters. The largest absolute Gasteiger partial charge is 0.465 e. The third kappa shape index (κ3) is 11.4. The molecule has 0 heterocycles. The van der Waals surface area contributed by atoms with E-state index in [2.05, 4.69) is 0 Å².